The lowest BCUT2D eigenvalue weighted by Crippen LogP contribution is -2.25. The molecular weight excluding hydrogens is 490 g/mol. The van der Waals surface area contributed by atoms with Crippen molar-refractivity contribution in [3.05, 3.63) is 64.0 Å². The summed E-state index contributed by atoms with van der Waals surface area (Å²) in [5.41, 5.74) is 1.71. The van der Waals surface area contributed by atoms with E-state index in [0.29, 0.717) is 16.9 Å². The van der Waals surface area contributed by atoms with Crippen LogP contribution < -0.4 is 21.1 Å². The van der Waals surface area contributed by atoms with Gasteiger partial charge in [0.15, 0.2) is 17.1 Å². The summed E-state index contributed by atoms with van der Waals surface area (Å²) in [5.74, 6) is -3.61. The summed E-state index contributed by atoms with van der Waals surface area (Å²) >= 11 is 0. The number of hydrogen-bond acceptors (Lipinski definition) is 9. The largest absolute Gasteiger partial charge is 0.494 e. The Balaban J connectivity index is 1.66. The maximum absolute atomic E-state index is 14.1. The van der Waals surface area contributed by atoms with Gasteiger partial charge in [0, 0.05) is 23.6 Å². The van der Waals surface area contributed by atoms with Crippen molar-refractivity contribution in [3.8, 4) is 5.75 Å². The summed E-state index contributed by atoms with van der Waals surface area (Å²) in [6.45, 7) is 0.751. The average Bonchev–Trinajstić information content (AvgIpc) is 3.19. The van der Waals surface area contributed by atoms with E-state index in [-0.39, 0.29) is 34.2 Å². The first-order valence-corrected chi connectivity index (χ1v) is 10.1. The molecule has 0 atom stereocenters. The molecule has 2 aromatic carbocycles. The molecule has 4 aromatic rings. The predicted octanol–water partition coefficient (Wildman–Crippen LogP) is 4.46. The number of rotatable bonds is 7. The zero-order valence-corrected chi connectivity index (χ0v) is 18.6. The van der Waals surface area contributed by atoms with Gasteiger partial charge in [-0.3, -0.25) is 4.98 Å². The normalized spacial score (nSPS) is 11.4. The lowest BCUT2D eigenvalue weighted by atomic mass is 10.2. The van der Waals surface area contributed by atoms with Crippen molar-refractivity contribution < 1.29 is 36.2 Å². The van der Waals surface area contributed by atoms with Crippen molar-refractivity contribution in [2.45, 2.75) is 19.7 Å². The molecule has 0 spiro atoms. The van der Waals surface area contributed by atoms with Crippen LogP contribution in [0.4, 0.5) is 40.7 Å². The van der Waals surface area contributed by atoms with Crippen LogP contribution in [-0.4, -0.2) is 34.2 Å². The Hall–Kier alpha value is -4.62. The zero-order chi connectivity index (χ0) is 26.0. The number of methoxy groups -OCH3 is 1. The van der Waals surface area contributed by atoms with Gasteiger partial charge in [-0.2, -0.15) is 18.2 Å². The quantitative estimate of drug-likeness (QED) is 0.245. The van der Waals surface area contributed by atoms with Crippen LogP contribution in [0.15, 0.2) is 45.7 Å². The molecule has 0 bridgehead atoms. The van der Waals surface area contributed by atoms with Crippen LogP contribution in [0, 0.1) is 12.7 Å². The summed E-state index contributed by atoms with van der Waals surface area (Å²) in [7, 11) is 1.31. The Morgan fingerprint density at radius 1 is 1.17 bits per heavy atom. The lowest BCUT2D eigenvalue weighted by molar-refractivity contribution is -0.201. The van der Waals surface area contributed by atoms with E-state index >= 15 is 0 Å². The van der Waals surface area contributed by atoms with E-state index in [1.807, 2.05) is 0 Å². The average molecular weight is 507 g/mol. The molecule has 2 heterocycles. The number of esters is 1. The first-order chi connectivity index (χ1) is 17.0. The van der Waals surface area contributed by atoms with Gasteiger partial charge in [-0.1, -0.05) is 0 Å². The standard InChI is InChI=1S/C22H17F4N5O5/c1-10-5-13(7-16(34-2)17(10)23)29-20-27-8-11(9-35-19(32)22(24,25)26)18(31-20)28-12-3-4-15-14(6-12)30-21(33)36-15/h3-8H,9H2,1-2H3,(H,30,33)(H2,27,28,29,31). The molecule has 0 fully saturated rings. The van der Waals surface area contributed by atoms with Gasteiger partial charge in [0.2, 0.25) is 5.95 Å². The molecule has 4 rings (SSSR count). The van der Waals surface area contributed by atoms with Gasteiger partial charge in [0.25, 0.3) is 0 Å². The number of ether oxygens (including phenoxy) is 2. The highest BCUT2D eigenvalue weighted by Gasteiger charge is 2.41. The number of aromatic amines is 1. The number of hydrogen-bond donors (Lipinski definition) is 3. The number of nitrogens with zero attached hydrogens (tertiary/aromatic N) is 2. The van der Waals surface area contributed by atoms with Crippen molar-refractivity contribution in [2.24, 2.45) is 0 Å². The van der Waals surface area contributed by atoms with Crippen LogP contribution in [0.3, 0.4) is 0 Å². The van der Waals surface area contributed by atoms with Crippen molar-refractivity contribution in [3.63, 3.8) is 0 Å². The molecule has 0 aliphatic carbocycles. The summed E-state index contributed by atoms with van der Waals surface area (Å²) < 4.78 is 66.1. The van der Waals surface area contributed by atoms with Crippen LogP contribution in [0.2, 0.25) is 0 Å². The minimum atomic E-state index is -5.17. The molecule has 0 aliphatic heterocycles. The van der Waals surface area contributed by atoms with Gasteiger partial charge in [-0.15, -0.1) is 0 Å². The van der Waals surface area contributed by atoms with Crippen molar-refractivity contribution >= 4 is 40.2 Å². The number of oxazole rings is 1. The van der Waals surface area contributed by atoms with Crippen LogP contribution in [-0.2, 0) is 16.1 Å². The van der Waals surface area contributed by atoms with Crippen molar-refractivity contribution in [1.29, 1.82) is 0 Å². The van der Waals surface area contributed by atoms with Gasteiger partial charge in [-0.25, -0.2) is 19.0 Å². The summed E-state index contributed by atoms with van der Waals surface area (Å²) in [5, 5.41) is 5.76. The maximum Gasteiger partial charge on any atom is 0.490 e. The molecule has 2 aromatic heterocycles. The Labute approximate surface area is 199 Å². The zero-order valence-electron chi connectivity index (χ0n) is 18.6. The number of H-pyrrole nitrogens is 1. The molecule has 14 heteroatoms. The number of carbonyl (C=O) groups excluding carboxylic acids is 1. The van der Waals surface area contributed by atoms with E-state index in [9.17, 15) is 27.2 Å². The third-order valence-corrected chi connectivity index (χ3v) is 4.83. The Morgan fingerprint density at radius 2 is 1.94 bits per heavy atom. The summed E-state index contributed by atoms with van der Waals surface area (Å²) in [6.07, 6.45) is -4.01. The van der Waals surface area contributed by atoms with Crippen LogP contribution >= 0.6 is 0 Å². The number of alkyl halides is 3. The molecule has 0 unspecified atom stereocenters. The predicted molar refractivity (Wildman–Crippen MR) is 119 cm³/mol. The molecule has 3 N–H and O–H groups in total. The number of aryl methyl sites for hydroxylation is 1. The highest BCUT2D eigenvalue weighted by Crippen LogP contribution is 2.29. The molecule has 0 saturated carbocycles. The molecule has 0 amide bonds. The van der Waals surface area contributed by atoms with Crippen LogP contribution in [0.25, 0.3) is 11.1 Å². The SMILES string of the molecule is COc1cc(Nc2ncc(COC(=O)C(F)(F)F)c(Nc3ccc4oc(=O)[nH]c4c3)n2)cc(C)c1F. The van der Waals surface area contributed by atoms with E-state index in [2.05, 4.69) is 30.3 Å². The molecule has 36 heavy (non-hydrogen) atoms. The topological polar surface area (TPSA) is 131 Å². The molecule has 188 valence electrons. The van der Waals surface area contributed by atoms with E-state index in [1.54, 1.807) is 0 Å². The monoisotopic (exact) mass is 507 g/mol. The Kier molecular flexibility index (Phi) is 6.51. The fourth-order valence-corrected chi connectivity index (χ4v) is 3.16. The number of benzene rings is 2. The second-order valence-corrected chi connectivity index (χ2v) is 7.43. The van der Waals surface area contributed by atoms with Gasteiger partial charge < -0.3 is 24.5 Å². The maximum atomic E-state index is 14.1. The van der Waals surface area contributed by atoms with Gasteiger partial charge >= 0.3 is 17.9 Å². The minimum absolute atomic E-state index is 0.00142. The highest BCUT2D eigenvalue weighted by atomic mass is 19.4. The fraction of sp³-hybridized carbons (Fsp3) is 0.182. The fourth-order valence-electron chi connectivity index (χ4n) is 3.16. The number of halogens is 4. The van der Waals surface area contributed by atoms with Gasteiger partial charge in [0.05, 0.1) is 18.2 Å². The van der Waals surface area contributed by atoms with Gasteiger partial charge in [-0.05, 0) is 36.8 Å². The van der Waals surface area contributed by atoms with E-state index in [0.717, 1.165) is 6.20 Å². The molecule has 0 radical (unpaired) electrons. The summed E-state index contributed by atoms with van der Waals surface area (Å²) in [4.78, 5) is 33.4. The molecular formula is C22H17F4N5O5. The number of aromatic nitrogens is 3. The lowest BCUT2D eigenvalue weighted by Gasteiger charge is -2.15. The van der Waals surface area contributed by atoms with Gasteiger partial charge in [0.1, 0.15) is 12.4 Å². The third kappa shape index (κ3) is 5.37. The second kappa shape index (κ2) is 9.56. The van der Waals surface area contributed by atoms with Crippen molar-refractivity contribution in [1.82, 2.24) is 15.0 Å². The summed E-state index contributed by atoms with van der Waals surface area (Å²) in [6, 6.07) is 7.40. The Morgan fingerprint density at radius 3 is 2.67 bits per heavy atom. The Bertz CT molecular complexity index is 1500. The second-order valence-electron chi connectivity index (χ2n) is 7.43. The van der Waals surface area contributed by atoms with Crippen LogP contribution in [0.5, 0.6) is 5.75 Å². The molecule has 0 saturated heterocycles. The number of fused-ring (bicyclic) bond motifs is 1. The first kappa shape index (κ1) is 24.5. The first-order valence-electron chi connectivity index (χ1n) is 10.1. The van der Waals surface area contributed by atoms with E-state index in [4.69, 9.17) is 9.15 Å². The van der Waals surface area contributed by atoms with E-state index in [1.165, 1.54) is 44.4 Å². The minimum Gasteiger partial charge on any atom is -0.494 e. The highest BCUT2D eigenvalue weighted by molar-refractivity contribution is 5.79. The molecule has 0 aliphatic rings. The van der Waals surface area contributed by atoms with Crippen LogP contribution in [0.1, 0.15) is 11.1 Å². The number of anilines is 4. The van der Waals surface area contributed by atoms with Crippen molar-refractivity contribution in [2.75, 3.05) is 17.7 Å². The van der Waals surface area contributed by atoms with E-state index < -0.39 is 30.3 Å². The smallest absolute Gasteiger partial charge is 0.490 e. The number of carbonyl (C=O) groups is 1. The number of nitrogens with one attached hydrogen (secondary N) is 3. The molecule has 10 nitrogen and oxygen atoms in total. The third-order valence-electron chi connectivity index (χ3n) is 4.83.